The minimum atomic E-state index is -3.48. The van der Waals surface area contributed by atoms with E-state index in [-0.39, 0.29) is 18.5 Å². The van der Waals surface area contributed by atoms with Gasteiger partial charge in [0.25, 0.3) is 10.2 Å². The number of rotatable bonds is 6. The third-order valence-corrected chi connectivity index (χ3v) is 8.74. The molecule has 1 aliphatic carbocycles. The number of halogens is 1. The van der Waals surface area contributed by atoms with Crippen LogP contribution in [0.4, 0.5) is 5.69 Å². The molecule has 1 saturated heterocycles. The average molecular weight is 487 g/mol. The first-order chi connectivity index (χ1) is 15.3. The maximum atomic E-state index is 13.0. The number of ether oxygens (including phenoxy) is 2. The molecule has 1 N–H and O–H groups in total. The van der Waals surface area contributed by atoms with Gasteiger partial charge in [-0.3, -0.25) is 9.69 Å². The van der Waals surface area contributed by atoms with Crippen LogP contribution in [0.25, 0.3) is 0 Å². The number of carbonyl (C=O) groups is 1. The maximum absolute atomic E-state index is 13.0. The Labute approximate surface area is 194 Å². The largest absolute Gasteiger partial charge is 0.486 e. The summed E-state index contributed by atoms with van der Waals surface area (Å²) in [6, 6.07) is 3.40. The Morgan fingerprint density at radius 3 is 2.38 bits per heavy atom. The number of piperazine rings is 1. The number of benzene rings is 1. The zero-order chi connectivity index (χ0) is 22.7. The molecule has 4 rings (SSSR count). The van der Waals surface area contributed by atoms with Crippen molar-refractivity contribution in [3.8, 4) is 11.5 Å². The zero-order valence-electron chi connectivity index (χ0n) is 18.4. The van der Waals surface area contributed by atoms with E-state index in [0.29, 0.717) is 61.6 Å². The molecule has 0 aromatic heterocycles. The first kappa shape index (κ1) is 23.6. The van der Waals surface area contributed by atoms with Crippen molar-refractivity contribution < 1.29 is 22.7 Å². The highest BCUT2D eigenvalue weighted by Crippen LogP contribution is 2.38. The Bertz CT molecular complexity index is 930. The molecule has 1 saturated carbocycles. The van der Waals surface area contributed by atoms with Crippen molar-refractivity contribution in [3.63, 3.8) is 0 Å². The lowest BCUT2D eigenvalue weighted by molar-refractivity contribution is -0.117. The summed E-state index contributed by atoms with van der Waals surface area (Å²) >= 11 is 6.27. The van der Waals surface area contributed by atoms with E-state index in [0.717, 1.165) is 25.7 Å². The van der Waals surface area contributed by atoms with Gasteiger partial charge in [-0.2, -0.15) is 17.0 Å². The SMILES string of the molecule is CN(C1CCCCC1)S(=O)(=O)N1CCN(CC(=O)Nc2cc3c(cc2Cl)OCCO3)CC1. The van der Waals surface area contributed by atoms with Gasteiger partial charge in [0.05, 0.1) is 17.3 Å². The van der Waals surface area contributed by atoms with Gasteiger partial charge in [-0.1, -0.05) is 30.9 Å². The lowest BCUT2D eigenvalue weighted by Crippen LogP contribution is -2.55. The Morgan fingerprint density at radius 1 is 1.09 bits per heavy atom. The summed E-state index contributed by atoms with van der Waals surface area (Å²) in [5, 5.41) is 3.20. The summed E-state index contributed by atoms with van der Waals surface area (Å²) in [4.78, 5) is 14.5. The fourth-order valence-electron chi connectivity index (χ4n) is 4.49. The van der Waals surface area contributed by atoms with Crippen LogP contribution in [0.5, 0.6) is 11.5 Å². The molecule has 1 aromatic rings. The number of nitrogens with zero attached hydrogens (tertiary/aromatic N) is 3. The Kier molecular flexibility index (Phi) is 7.46. The van der Waals surface area contributed by atoms with Crippen LogP contribution in [0.2, 0.25) is 5.02 Å². The molecule has 3 aliphatic rings. The van der Waals surface area contributed by atoms with Crippen LogP contribution in [0.15, 0.2) is 12.1 Å². The summed E-state index contributed by atoms with van der Waals surface area (Å²) in [6.45, 7) is 2.82. The lowest BCUT2D eigenvalue weighted by Gasteiger charge is -2.38. The molecule has 2 aliphatic heterocycles. The van der Waals surface area contributed by atoms with Gasteiger partial charge in [-0.15, -0.1) is 0 Å². The van der Waals surface area contributed by atoms with Gasteiger partial charge in [0.1, 0.15) is 13.2 Å². The third-order valence-electron chi connectivity index (χ3n) is 6.38. The number of amides is 1. The summed E-state index contributed by atoms with van der Waals surface area (Å²) in [5.74, 6) is 0.908. The lowest BCUT2D eigenvalue weighted by atomic mass is 9.96. The number of hydrogen-bond acceptors (Lipinski definition) is 6. The molecule has 1 aromatic carbocycles. The minimum absolute atomic E-state index is 0.0910. The Balaban J connectivity index is 1.29. The van der Waals surface area contributed by atoms with E-state index < -0.39 is 10.2 Å². The van der Waals surface area contributed by atoms with Crippen LogP contribution in [-0.2, 0) is 15.0 Å². The summed E-state index contributed by atoms with van der Waals surface area (Å²) in [6.07, 6.45) is 5.21. The van der Waals surface area contributed by atoms with E-state index in [4.69, 9.17) is 21.1 Å². The number of anilines is 1. The normalized spacial score (nSPS) is 21.0. The van der Waals surface area contributed by atoms with E-state index in [1.165, 1.54) is 10.7 Å². The molecule has 0 spiro atoms. The molecule has 32 heavy (non-hydrogen) atoms. The zero-order valence-corrected chi connectivity index (χ0v) is 20.0. The molecule has 2 fully saturated rings. The molecule has 178 valence electrons. The molecule has 1 amide bonds. The van der Waals surface area contributed by atoms with Crippen LogP contribution in [-0.4, -0.2) is 86.9 Å². The van der Waals surface area contributed by atoms with Gasteiger partial charge in [0, 0.05) is 51.4 Å². The van der Waals surface area contributed by atoms with E-state index in [9.17, 15) is 13.2 Å². The van der Waals surface area contributed by atoms with Gasteiger partial charge >= 0.3 is 0 Å². The van der Waals surface area contributed by atoms with Crippen molar-refractivity contribution >= 4 is 33.4 Å². The monoisotopic (exact) mass is 486 g/mol. The van der Waals surface area contributed by atoms with E-state index >= 15 is 0 Å². The smallest absolute Gasteiger partial charge is 0.282 e. The second-order valence-corrected chi connectivity index (χ2v) is 10.9. The molecule has 2 heterocycles. The van der Waals surface area contributed by atoms with Crippen molar-refractivity contribution in [2.75, 3.05) is 58.3 Å². The highest BCUT2D eigenvalue weighted by molar-refractivity contribution is 7.86. The van der Waals surface area contributed by atoms with Crippen LogP contribution in [0.3, 0.4) is 0 Å². The molecule has 9 nitrogen and oxygen atoms in total. The molecular weight excluding hydrogens is 456 g/mol. The maximum Gasteiger partial charge on any atom is 0.282 e. The van der Waals surface area contributed by atoms with Crippen LogP contribution in [0, 0.1) is 0 Å². The van der Waals surface area contributed by atoms with Crippen molar-refractivity contribution in [2.45, 2.75) is 38.1 Å². The first-order valence-electron chi connectivity index (χ1n) is 11.2. The molecule has 0 bridgehead atoms. The Hall–Kier alpha value is -1.59. The number of carbonyl (C=O) groups excluding carboxylic acids is 1. The van der Waals surface area contributed by atoms with Gasteiger partial charge in [0.15, 0.2) is 11.5 Å². The number of hydrogen-bond donors (Lipinski definition) is 1. The standard InChI is InChI=1S/C21H31ClN4O5S/c1-24(16-5-3-2-4-6-16)32(28,29)26-9-7-25(8-10-26)15-21(27)23-18-14-20-19(13-17(18)22)30-11-12-31-20/h13-14,16H,2-12,15H2,1H3,(H,23,27). The number of nitrogens with one attached hydrogen (secondary N) is 1. The highest BCUT2D eigenvalue weighted by Gasteiger charge is 2.34. The fourth-order valence-corrected chi connectivity index (χ4v) is 6.26. The van der Waals surface area contributed by atoms with Gasteiger partial charge < -0.3 is 14.8 Å². The summed E-state index contributed by atoms with van der Waals surface area (Å²) < 4.78 is 40.2. The van der Waals surface area contributed by atoms with Crippen molar-refractivity contribution in [1.29, 1.82) is 0 Å². The van der Waals surface area contributed by atoms with Gasteiger partial charge in [-0.05, 0) is 12.8 Å². The first-order valence-corrected chi connectivity index (χ1v) is 13.0. The molecular formula is C21H31ClN4O5S. The van der Waals surface area contributed by atoms with E-state index in [2.05, 4.69) is 5.32 Å². The highest BCUT2D eigenvalue weighted by atomic mass is 35.5. The topological polar surface area (TPSA) is 91.4 Å². The second-order valence-electron chi connectivity index (χ2n) is 8.51. The Morgan fingerprint density at radius 2 is 1.72 bits per heavy atom. The summed E-state index contributed by atoms with van der Waals surface area (Å²) in [7, 11) is -1.78. The molecule has 0 radical (unpaired) electrons. The molecule has 0 atom stereocenters. The van der Waals surface area contributed by atoms with Crippen molar-refractivity contribution in [1.82, 2.24) is 13.5 Å². The summed E-state index contributed by atoms with van der Waals surface area (Å²) in [5.41, 5.74) is 0.469. The second kappa shape index (κ2) is 10.1. The predicted molar refractivity (Wildman–Crippen MR) is 123 cm³/mol. The van der Waals surface area contributed by atoms with E-state index in [1.54, 1.807) is 23.5 Å². The molecule has 0 unspecified atom stereocenters. The number of fused-ring (bicyclic) bond motifs is 1. The van der Waals surface area contributed by atoms with E-state index in [1.807, 2.05) is 4.90 Å². The van der Waals surface area contributed by atoms with Crippen LogP contribution < -0.4 is 14.8 Å². The fraction of sp³-hybridized carbons (Fsp3) is 0.667. The quantitative estimate of drug-likeness (QED) is 0.662. The van der Waals surface area contributed by atoms with Crippen molar-refractivity contribution in [3.05, 3.63) is 17.2 Å². The minimum Gasteiger partial charge on any atom is -0.486 e. The third kappa shape index (κ3) is 5.31. The van der Waals surface area contributed by atoms with Crippen LogP contribution >= 0.6 is 11.6 Å². The van der Waals surface area contributed by atoms with Gasteiger partial charge in [-0.25, -0.2) is 0 Å². The van der Waals surface area contributed by atoms with Gasteiger partial charge in [0.2, 0.25) is 5.91 Å². The average Bonchev–Trinajstić information content (AvgIpc) is 2.80. The van der Waals surface area contributed by atoms with Crippen molar-refractivity contribution in [2.24, 2.45) is 0 Å². The van der Waals surface area contributed by atoms with Crippen LogP contribution in [0.1, 0.15) is 32.1 Å². The predicted octanol–water partition coefficient (Wildman–Crippen LogP) is 2.18. The molecule has 11 heteroatoms.